The Morgan fingerprint density at radius 3 is 2.91 bits per heavy atom. The number of aliphatic hydroxyl groups is 2. The van der Waals surface area contributed by atoms with Gasteiger partial charge in [0.2, 0.25) is 0 Å². The van der Waals surface area contributed by atoms with Crippen molar-refractivity contribution in [3.63, 3.8) is 0 Å². The minimum absolute atomic E-state index is 0.00708. The molecule has 0 amide bonds. The van der Waals surface area contributed by atoms with Crippen LogP contribution >= 0.6 is 15.9 Å². The van der Waals surface area contributed by atoms with E-state index in [0.29, 0.717) is 17.9 Å². The van der Waals surface area contributed by atoms with Crippen LogP contribution < -0.4 is 5.73 Å². The zero-order chi connectivity index (χ0) is 22.9. The fourth-order valence-electron chi connectivity index (χ4n) is 5.03. The van der Waals surface area contributed by atoms with Gasteiger partial charge < -0.3 is 25.3 Å². The van der Waals surface area contributed by atoms with E-state index >= 15 is 0 Å². The number of ether oxygens (including phenoxy) is 1. The highest BCUT2D eigenvalue weighted by atomic mass is 79.9. The third-order valence-corrected chi connectivity index (χ3v) is 7.47. The molecule has 5 atom stereocenters. The molecular weight excluding hydrogens is 486 g/mol. The topological polar surface area (TPSA) is 119 Å². The quantitative estimate of drug-likeness (QED) is 0.355. The number of benzene rings is 1. The Labute approximate surface area is 197 Å². The number of pyridine rings is 1. The number of rotatable bonds is 2. The highest BCUT2D eigenvalue weighted by Crippen LogP contribution is 2.48. The van der Waals surface area contributed by atoms with Crippen LogP contribution in [0.4, 0.5) is 5.82 Å². The van der Waals surface area contributed by atoms with Crippen molar-refractivity contribution < 1.29 is 14.9 Å². The normalized spacial score (nSPS) is 29.1. The summed E-state index contributed by atoms with van der Waals surface area (Å²) in [5, 5.41) is 23.9. The SMILES string of the molecule is Cc1ncnc2c1ccn2C1OC2(C=CC(c3ccc4cc(Br)c(N)nc4c3)C2)C(O)C1O. The van der Waals surface area contributed by atoms with Crippen LogP contribution in [-0.4, -0.2) is 47.5 Å². The van der Waals surface area contributed by atoms with Crippen molar-refractivity contribution in [2.45, 2.75) is 43.3 Å². The van der Waals surface area contributed by atoms with Gasteiger partial charge in [0.05, 0.1) is 15.7 Å². The number of anilines is 1. The summed E-state index contributed by atoms with van der Waals surface area (Å²) in [6.07, 6.45) is 4.79. The van der Waals surface area contributed by atoms with E-state index in [4.69, 9.17) is 10.5 Å². The molecule has 5 unspecified atom stereocenters. The second-order valence-electron chi connectivity index (χ2n) is 8.80. The van der Waals surface area contributed by atoms with Crippen LogP contribution in [-0.2, 0) is 4.74 Å². The van der Waals surface area contributed by atoms with Crippen molar-refractivity contribution in [2.24, 2.45) is 0 Å². The zero-order valence-corrected chi connectivity index (χ0v) is 19.3. The molecule has 168 valence electrons. The molecule has 1 fully saturated rings. The van der Waals surface area contributed by atoms with Gasteiger partial charge in [-0.3, -0.25) is 0 Å². The van der Waals surface area contributed by atoms with Crippen molar-refractivity contribution >= 4 is 43.7 Å². The summed E-state index contributed by atoms with van der Waals surface area (Å²) in [6.45, 7) is 1.91. The number of hydrogen-bond acceptors (Lipinski definition) is 7. The van der Waals surface area contributed by atoms with Gasteiger partial charge in [-0.15, -0.1) is 0 Å². The molecule has 6 rings (SSSR count). The maximum Gasteiger partial charge on any atom is 0.165 e. The molecule has 1 spiro atoms. The molecule has 4 heterocycles. The predicted octanol–water partition coefficient (Wildman–Crippen LogP) is 3.37. The number of halogens is 1. The van der Waals surface area contributed by atoms with Gasteiger partial charge in [0.15, 0.2) is 6.23 Å². The average Bonchev–Trinajstić information content (AvgIpc) is 3.48. The molecule has 3 aromatic heterocycles. The summed E-state index contributed by atoms with van der Waals surface area (Å²) in [5.74, 6) is 0.448. The summed E-state index contributed by atoms with van der Waals surface area (Å²) in [6, 6.07) is 9.93. The lowest BCUT2D eigenvalue weighted by Crippen LogP contribution is -2.40. The lowest BCUT2D eigenvalue weighted by atomic mass is 9.88. The van der Waals surface area contributed by atoms with E-state index < -0.39 is 24.0 Å². The molecule has 1 aliphatic heterocycles. The van der Waals surface area contributed by atoms with Crippen molar-refractivity contribution in [1.29, 1.82) is 0 Å². The van der Waals surface area contributed by atoms with Crippen molar-refractivity contribution in [3.8, 4) is 0 Å². The van der Waals surface area contributed by atoms with E-state index in [1.165, 1.54) is 6.33 Å². The van der Waals surface area contributed by atoms with Crippen LogP contribution in [0.2, 0.25) is 0 Å². The zero-order valence-electron chi connectivity index (χ0n) is 17.8. The maximum absolute atomic E-state index is 11.0. The Morgan fingerprint density at radius 1 is 1.21 bits per heavy atom. The molecular formula is C24H22BrN5O3. The highest BCUT2D eigenvalue weighted by Gasteiger charge is 2.56. The molecule has 1 saturated heterocycles. The van der Waals surface area contributed by atoms with E-state index in [-0.39, 0.29) is 5.92 Å². The number of aryl methyl sites for hydroxylation is 1. The number of aromatic nitrogens is 4. The van der Waals surface area contributed by atoms with Crippen LogP contribution in [0.1, 0.15) is 29.8 Å². The van der Waals surface area contributed by atoms with E-state index in [0.717, 1.165) is 32.0 Å². The monoisotopic (exact) mass is 507 g/mol. The number of nitrogens with zero attached hydrogens (tertiary/aromatic N) is 4. The van der Waals surface area contributed by atoms with E-state index in [2.05, 4.69) is 36.9 Å². The molecule has 4 N–H and O–H groups in total. The van der Waals surface area contributed by atoms with Crippen molar-refractivity contribution in [2.75, 3.05) is 5.73 Å². The van der Waals surface area contributed by atoms with Gasteiger partial charge in [0.25, 0.3) is 0 Å². The number of allylic oxidation sites excluding steroid dienone is 1. The molecule has 0 radical (unpaired) electrons. The van der Waals surface area contributed by atoms with Crippen LogP contribution in [0.15, 0.2) is 59.5 Å². The number of fused-ring (bicyclic) bond motifs is 2. The predicted molar refractivity (Wildman–Crippen MR) is 127 cm³/mol. The van der Waals surface area contributed by atoms with Crippen LogP contribution in [0, 0.1) is 6.92 Å². The smallest absolute Gasteiger partial charge is 0.165 e. The van der Waals surface area contributed by atoms with Gasteiger partial charge in [-0.1, -0.05) is 24.3 Å². The lowest BCUT2D eigenvalue weighted by Gasteiger charge is -2.27. The van der Waals surface area contributed by atoms with Crippen molar-refractivity contribution in [3.05, 3.63) is 70.7 Å². The minimum atomic E-state index is -1.10. The standard InChI is InChI=1S/C24H22BrN5O3/c1-12-16-5-7-30(22(16)28-11-27-12)23-19(31)20(32)24(33-23)6-4-15(10-24)13-2-3-14-8-17(25)21(26)29-18(14)9-13/h2-9,11,15,19-20,23,31-32H,10H2,1H3,(H2,26,29). The maximum atomic E-state index is 11.0. The first kappa shape index (κ1) is 20.7. The lowest BCUT2D eigenvalue weighted by molar-refractivity contribution is -0.0741. The second-order valence-corrected chi connectivity index (χ2v) is 9.65. The summed E-state index contributed by atoms with van der Waals surface area (Å²) in [4.78, 5) is 13.1. The third-order valence-electron chi connectivity index (χ3n) is 6.84. The Hall–Kier alpha value is -2.85. The molecule has 0 saturated carbocycles. The largest absolute Gasteiger partial charge is 0.387 e. The number of aliphatic hydroxyl groups excluding tert-OH is 2. The van der Waals surface area contributed by atoms with Crippen molar-refractivity contribution in [1.82, 2.24) is 19.5 Å². The summed E-state index contributed by atoms with van der Waals surface area (Å²) < 4.78 is 8.91. The summed E-state index contributed by atoms with van der Waals surface area (Å²) in [7, 11) is 0. The molecule has 8 nitrogen and oxygen atoms in total. The summed E-state index contributed by atoms with van der Waals surface area (Å²) >= 11 is 3.42. The molecule has 1 aromatic carbocycles. The van der Waals surface area contributed by atoms with Crippen LogP contribution in [0.25, 0.3) is 21.9 Å². The molecule has 0 bridgehead atoms. The van der Waals surface area contributed by atoms with Crippen LogP contribution in [0.3, 0.4) is 0 Å². The van der Waals surface area contributed by atoms with E-state index in [1.807, 2.05) is 49.5 Å². The van der Waals surface area contributed by atoms with E-state index in [9.17, 15) is 10.2 Å². The Bertz CT molecular complexity index is 1440. The Kier molecular flexibility index (Phi) is 4.60. The van der Waals surface area contributed by atoms with Gasteiger partial charge in [-0.05, 0) is 53.0 Å². The van der Waals surface area contributed by atoms with Gasteiger partial charge in [0.1, 0.15) is 35.6 Å². The first-order valence-corrected chi connectivity index (χ1v) is 11.5. The average molecular weight is 508 g/mol. The van der Waals surface area contributed by atoms with Gasteiger partial charge >= 0.3 is 0 Å². The molecule has 4 aromatic rings. The Balaban J connectivity index is 1.31. The number of nitrogens with two attached hydrogens (primary N) is 1. The molecule has 2 aliphatic rings. The Morgan fingerprint density at radius 2 is 2.06 bits per heavy atom. The number of nitrogen functional groups attached to an aromatic ring is 1. The molecule has 33 heavy (non-hydrogen) atoms. The van der Waals surface area contributed by atoms with Gasteiger partial charge in [-0.25, -0.2) is 15.0 Å². The first-order chi connectivity index (χ1) is 15.9. The second kappa shape index (κ2) is 7.33. The van der Waals surface area contributed by atoms with E-state index in [1.54, 1.807) is 4.57 Å². The molecule has 9 heteroatoms. The summed E-state index contributed by atoms with van der Waals surface area (Å²) in [5.41, 5.74) is 8.34. The fourth-order valence-corrected chi connectivity index (χ4v) is 5.37. The molecule has 1 aliphatic carbocycles. The van der Waals surface area contributed by atoms with Gasteiger partial charge in [-0.2, -0.15) is 0 Å². The first-order valence-electron chi connectivity index (χ1n) is 10.7. The number of hydrogen-bond donors (Lipinski definition) is 3. The third kappa shape index (κ3) is 3.11. The highest BCUT2D eigenvalue weighted by molar-refractivity contribution is 9.10. The van der Waals surface area contributed by atoms with Crippen LogP contribution in [0.5, 0.6) is 0 Å². The fraction of sp³-hybridized carbons (Fsp3) is 0.292. The minimum Gasteiger partial charge on any atom is -0.387 e. The van der Waals surface area contributed by atoms with Gasteiger partial charge in [0, 0.05) is 22.9 Å².